The first-order chi connectivity index (χ1) is 8.23. The van der Waals surface area contributed by atoms with Crippen LogP contribution in [0.15, 0.2) is 12.7 Å². The lowest BCUT2D eigenvalue weighted by Gasteiger charge is -2.38. The molecule has 104 valence electrons. The number of aliphatic carboxylic acids is 1. The van der Waals surface area contributed by atoms with Crippen LogP contribution in [-0.4, -0.2) is 52.1 Å². The summed E-state index contributed by atoms with van der Waals surface area (Å²) < 4.78 is 0. The molecule has 1 N–H and O–H groups in total. The van der Waals surface area contributed by atoms with Gasteiger partial charge in [-0.15, -0.1) is 6.58 Å². The van der Waals surface area contributed by atoms with E-state index in [1.807, 2.05) is 27.7 Å². The maximum absolute atomic E-state index is 12.3. The molecule has 0 atom stereocenters. The molecule has 0 aliphatic heterocycles. The van der Waals surface area contributed by atoms with Crippen molar-refractivity contribution < 1.29 is 14.7 Å². The molecular weight excluding hydrogens is 232 g/mol. The van der Waals surface area contributed by atoms with E-state index in [0.29, 0.717) is 13.1 Å². The number of hydrogen-bond acceptors (Lipinski definition) is 2. The van der Waals surface area contributed by atoms with Crippen molar-refractivity contribution in [1.82, 2.24) is 9.80 Å². The second-order valence-electron chi connectivity index (χ2n) is 5.17. The molecule has 0 unspecified atom stereocenters. The summed E-state index contributed by atoms with van der Waals surface area (Å²) >= 11 is 0. The molecule has 5 nitrogen and oxygen atoms in total. The van der Waals surface area contributed by atoms with E-state index in [0.717, 1.165) is 6.42 Å². The highest BCUT2D eigenvalue weighted by Crippen LogP contribution is 2.16. The lowest BCUT2D eigenvalue weighted by atomic mass is 10.1. The maximum Gasteiger partial charge on any atom is 0.323 e. The maximum atomic E-state index is 12.3. The molecule has 0 fully saturated rings. The van der Waals surface area contributed by atoms with Crippen molar-refractivity contribution in [2.45, 2.75) is 39.7 Å². The standard InChI is InChI=1S/C13H24N2O3/c1-6-8-14(9-7-2)12(18)15(10-11(16)17)13(3,4)5/h6H,1,7-10H2,2-5H3,(H,16,17). The van der Waals surface area contributed by atoms with Crippen LogP contribution in [0, 0.1) is 0 Å². The highest BCUT2D eigenvalue weighted by molar-refractivity contribution is 5.81. The summed E-state index contributed by atoms with van der Waals surface area (Å²) in [5, 5.41) is 8.91. The number of nitrogens with zero attached hydrogens (tertiary/aromatic N) is 2. The van der Waals surface area contributed by atoms with Gasteiger partial charge in [-0.1, -0.05) is 13.0 Å². The molecule has 0 aliphatic carbocycles. The van der Waals surface area contributed by atoms with E-state index in [1.165, 1.54) is 4.90 Å². The van der Waals surface area contributed by atoms with Gasteiger partial charge in [-0.25, -0.2) is 4.79 Å². The van der Waals surface area contributed by atoms with E-state index in [-0.39, 0.29) is 12.6 Å². The number of carboxylic acids is 1. The monoisotopic (exact) mass is 256 g/mol. The number of carbonyl (C=O) groups excluding carboxylic acids is 1. The van der Waals surface area contributed by atoms with Gasteiger partial charge in [0.05, 0.1) is 0 Å². The van der Waals surface area contributed by atoms with Gasteiger partial charge in [-0.2, -0.15) is 0 Å². The topological polar surface area (TPSA) is 60.9 Å². The highest BCUT2D eigenvalue weighted by atomic mass is 16.4. The largest absolute Gasteiger partial charge is 0.480 e. The zero-order chi connectivity index (χ0) is 14.3. The lowest BCUT2D eigenvalue weighted by Crippen LogP contribution is -2.53. The molecule has 0 radical (unpaired) electrons. The van der Waals surface area contributed by atoms with E-state index < -0.39 is 11.5 Å². The smallest absolute Gasteiger partial charge is 0.323 e. The second-order valence-corrected chi connectivity index (χ2v) is 5.17. The molecule has 0 spiro atoms. The van der Waals surface area contributed by atoms with Crippen LogP contribution in [0.1, 0.15) is 34.1 Å². The SMILES string of the molecule is C=CCN(CCC)C(=O)N(CC(=O)O)C(C)(C)C. The van der Waals surface area contributed by atoms with Crippen molar-refractivity contribution in [3.05, 3.63) is 12.7 Å². The average Bonchev–Trinajstić information content (AvgIpc) is 2.23. The Balaban J connectivity index is 5.01. The van der Waals surface area contributed by atoms with Crippen LogP contribution in [0.5, 0.6) is 0 Å². The minimum absolute atomic E-state index is 0.258. The van der Waals surface area contributed by atoms with Gasteiger partial charge in [-0.05, 0) is 27.2 Å². The van der Waals surface area contributed by atoms with Crippen molar-refractivity contribution in [2.24, 2.45) is 0 Å². The Morgan fingerprint density at radius 3 is 2.22 bits per heavy atom. The number of carboxylic acid groups (broad SMARTS) is 1. The Bertz CT molecular complexity index is 308. The third kappa shape index (κ3) is 5.21. The quantitative estimate of drug-likeness (QED) is 0.741. The summed E-state index contributed by atoms with van der Waals surface area (Å²) in [6.07, 6.45) is 2.47. The van der Waals surface area contributed by atoms with Crippen molar-refractivity contribution >= 4 is 12.0 Å². The number of carbonyl (C=O) groups is 2. The van der Waals surface area contributed by atoms with Crippen LogP contribution in [0.4, 0.5) is 4.79 Å². The summed E-state index contributed by atoms with van der Waals surface area (Å²) in [4.78, 5) is 26.2. The van der Waals surface area contributed by atoms with Crippen molar-refractivity contribution in [1.29, 1.82) is 0 Å². The van der Waals surface area contributed by atoms with Crippen LogP contribution < -0.4 is 0 Å². The first-order valence-corrected chi connectivity index (χ1v) is 6.13. The van der Waals surface area contributed by atoms with Gasteiger partial charge in [-0.3, -0.25) is 4.79 Å². The Hall–Kier alpha value is -1.52. The zero-order valence-electron chi connectivity index (χ0n) is 11.8. The molecule has 0 saturated carbocycles. The van der Waals surface area contributed by atoms with Crippen LogP contribution in [-0.2, 0) is 4.79 Å². The van der Waals surface area contributed by atoms with Gasteiger partial charge in [0.1, 0.15) is 6.54 Å². The van der Waals surface area contributed by atoms with Gasteiger partial charge in [0, 0.05) is 18.6 Å². The second kappa shape index (κ2) is 7.03. The van der Waals surface area contributed by atoms with E-state index in [1.54, 1.807) is 11.0 Å². The molecular formula is C13H24N2O3. The van der Waals surface area contributed by atoms with E-state index >= 15 is 0 Å². The first-order valence-electron chi connectivity index (χ1n) is 6.13. The van der Waals surface area contributed by atoms with E-state index in [9.17, 15) is 9.59 Å². The Labute approximate surface area is 109 Å². The molecule has 0 rings (SSSR count). The Morgan fingerprint density at radius 2 is 1.89 bits per heavy atom. The molecule has 5 heteroatoms. The number of hydrogen-bond donors (Lipinski definition) is 1. The number of urea groups is 1. The minimum atomic E-state index is -1.01. The van der Waals surface area contributed by atoms with Gasteiger partial charge >= 0.3 is 12.0 Å². The van der Waals surface area contributed by atoms with Gasteiger partial charge in [0.15, 0.2) is 0 Å². The fourth-order valence-corrected chi connectivity index (χ4v) is 1.59. The summed E-state index contributed by atoms with van der Waals surface area (Å²) in [5.74, 6) is -1.01. The van der Waals surface area contributed by atoms with Crippen LogP contribution >= 0.6 is 0 Å². The van der Waals surface area contributed by atoms with Crippen LogP contribution in [0.25, 0.3) is 0 Å². The van der Waals surface area contributed by atoms with E-state index in [2.05, 4.69) is 6.58 Å². The summed E-state index contributed by atoms with van der Waals surface area (Å²) in [5.41, 5.74) is -0.525. The van der Waals surface area contributed by atoms with Gasteiger partial charge < -0.3 is 14.9 Å². The zero-order valence-corrected chi connectivity index (χ0v) is 11.8. The molecule has 0 heterocycles. The number of amides is 2. The van der Waals surface area contributed by atoms with Crippen LogP contribution in [0.2, 0.25) is 0 Å². The number of rotatable bonds is 6. The molecule has 0 aliphatic rings. The van der Waals surface area contributed by atoms with Gasteiger partial charge in [0.2, 0.25) is 0 Å². The van der Waals surface area contributed by atoms with Crippen molar-refractivity contribution in [2.75, 3.05) is 19.6 Å². The highest BCUT2D eigenvalue weighted by Gasteiger charge is 2.31. The lowest BCUT2D eigenvalue weighted by molar-refractivity contribution is -0.138. The predicted molar refractivity (Wildman–Crippen MR) is 71.6 cm³/mol. The summed E-state index contributed by atoms with van der Waals surface area (Å²) in [7, 11) is 0. The van der Waals surface area contributed by atoms with Gasteiger partial charge in [0.25, 0.3) is 0 Å². The average molecular weight is 256 g/mol. The molecule has 0 aromatic carbocycles. The third-order valence-corrected chi connectivity index (χ3v) is 2.45. The van der Waals surface area contributed by atoms with Crippen LogP contribution in [0.3, 0.4) is 0 Å². The third-order valence-electron chi connectivity index (χ3n) is 2.45. The Kier molecular flexibility index (Phi) is 6.44. The van der Waals surface area contributed by atoms with E-state index in [4.69, 9.17) is 5.11 Å². The molecule has 0 bridgehead atoms. The molecule has 18 heavy (non-hydrogen) atoms. The Morgan fingerprint density at radius 1 is 1.33 bits per heavy atom. The predicted octanol–water partition coefficient (Wildman–Crippen LogP) is 2.19. The molecule has 0 aromatic heterocycles. The fraction of sp³-hybridized carbons (Fsp3) is 0.692. The fourth-order valence-electron chi connectivity index (χ4n) is 1.59. The molecule has 0 aromatic rings. The normalized spacial score (nSPS) is 10.9. The first kappa shape index (κ1) is 16.5. The summed E-state index contributed by atoms with van der Waals surface area (Å²) in [6, 6.07) is -0.258. The van der Waals surface area contributed by atoms with Crippen molar-refractivity contribution in [3.8, 4) is 0 Å². The minimum Gasteiger partial charge on any atom is -0.480 e. The molecule has 2 amide bonds. The van der Waals surface area contributed by atoms with Crippen molar-refractivity contribution in [3.63, 3.8) is 0 Å². The summed E-state index contributed by atoms with van der Waals surface area (Å²) in [6.45, 7) is 11.8. The molecule has 0 saturated heterocycles.